The first-order valence-electron chi connectivity index (χ1n) is 9.76. The fourth-order valence-corrected chi connectivity index (χ4v) is 5.11. The molecule has 3 fully saturated rings. The lowest BCUT2D eigenvalue weighted by molar-refractivity contribution is -0.151. The number of nitrogens with one attached hydrogen (secondary N) is 1. The summed E-state index contributed by atoms with van der Waals surface area (Å²) in [6.45, 7) is 1.49. The number of benzene rings is 1. The molecule has 4 rings (SSSR count). The van der Waals surface area contributed by atoms with Crippen LogP contribution >= 0.6 is 0 Å². The van der Waals surface area contributed by atoms with Crippen molar-refractivity contribution in [3.05, 3.63) is 35.4 Å². The third-order valence-electron chi connectivity index (χ3n) is 6.60. The number of nitriles is 1. The normalized spacial score (nSPS) is 33.0. The van der Waals surface area contributed by atoms with Crippen LogP contribution in [0.15, 0.2) is 24.3 Å². The predicted octanol–water partition coefficient (Wildman–Crippen LogP) is 1.98. The van der Waals surface area contributed by atoms with E-state index < -0.39 is 29.4 Å². The van der Waals surface area contributed by atoms with Crippen molar-refractivity contribution in [1.82, 2.24) is 10.2 Å². The molecule has 146 valence electrons. The Hall–Kier alpha value is -2.72. The van der Waals surface area contributed by atoms with Crippen LogP contribution in [0.2, 0.25) is 0 Å². The number of carbonyl (C=O) groups is 3. The monoisotopic (exact) mass is 381 g/mol. The molecule has 2 aliphatic heterocycles. The molecule has 7 nitrogen and oxygen atoms in total. The molecule has 2 amide bonds. The van der Waals surface area contributed by atoms with Crippen LogP contribution < -0.4 is 5.32 Å². The number of aliphatic carboxylic acids is 1. The van der Waals surface area contributed by atoms with Gasteiger partial charge in [0.1, 0.15) is 5.54 Å². The van der Waals surface area contributed by atoms with Crippen molar-refractivity contribution in [1.29, 1.82) is 5.26 Å². The van der Waals surface area contributed by atoms with Crippen molar-refractivity contribution in [3.8, 4) is 6.07 Å². The number of carboxylic acids is 1. The maximum atomic E-state index is 13.3. The summed E-state index contributed by atoms with van der Waals surface area (Å²) in [5.41, 5.74) is -0.318. The lowest BCUT2D eigenvalue weighted by Crippen LogP contribution is -2.54. The highest BCUT2D eigenvalue weighted by atomic mass is 16.4. The molecule has 2 N–H and O–H groups in total. The van der Waals surface area contributed by atoms with Gasteiger partial charge in [-0.15, -0.1) is 0 Å². The van der Waals surface area contributed by atoms with Crippen molar-refractivity contribution in [3.63, 3.8) is 0 Å². The second-order valence-electron chi connectivity index (χ2n) is 8.21. The molecule has 2 saturated heterocycles. The number of amides is 2. The lowest BCUT2D eigenvalue weighted by Gasteiger charge is -2.33. The maximum absolute atomic E-state index is 13.3. The van der Waals surface area contributed by atoms with Gasteiger partial charge in [0.15, 0.2) is 0 Å². The minimum Gasteiger partial charge on any atom is -0.480 e. The van der Waals surface area contributed by atoms with E-state index in [0.29, 0.717) is 11.1 Å². The van der Waals surface area contributed by atoms with Gasteiger partial charge in [-0.05, 0) is 37.5 Å². The Labute approximate surface area is 163 Å². The Morgan fingerprint density at radius 1 is 1.18 bits per heavy atom. The second kappa shape index (κ2) is 6.71. The summed E-state index contributed by atoms with van der Waals surface area (Å²) in [5, 5.41) is 21.9. The van der Waals surface area contributed by atoms with Crippen LogP contribution in [-0.4, -0.2) is 39.4 Å². The minimum absolute atomic E-state index is 0.126. The van der Waals surface area contributed by atoms with Crippen molar-refractivity contribution < 1.29 is 19.5 Å². The Morgan fingerprint density at radius 3 is 2.39 bits per heavy atom. The summed E-state index contributed by atoms with van der Waals surface area (Å²) in [7, 11) is 0. The number of fused-ring (bicyclic) bond motifs is 1. The van der Waals surface area contributed by atoms with Crippen LogP contribution in [0, 0.1) is 23.2 Å². The van der Waals surface area contributed by atoms with E-state index in [2.05, 4.69) is 5.32 Å². The number of likely N-dealkylation sites (tertiary alicyclic amines) is 1. The molecule has 0 spiro atoms. The molecule has 0 aromatic heterocycles. The molecule has 4 unspecified atom stereocenters. The summed E-state index contributed by atoms with van der Waals surface area (Å²) in [4.78, 5) is 40.0. The van der Waals surface area contributed by atoms with Gasteiger partial charge >= 0.3 is 5.97 Å². The van der Waals surface area contributed by atoms with Gasteiger partial charge in [-0.2, -0.15) is 5.26 Å². The van der Waals surface area contributed by atoms with Gasteiger partial charge in [0, 0.05) is 12.1 Å². The van der Waals surface area contributed by atoms with Gasteiger partial charge < -0.3 is 5.11 Å². The van der Waals surface area contributed by atoms with Gasteiger partial charge in [0.25, 0.3) is 0 Å². The van der Waals surface area contributed by atoms with E-state index in [1.807, 2.05) is 6.07 Å². The number of rotatable bonds is 3. The van der Waals surface area contributed by atoms with E-state index >= 15 is 0 Å². The zero-order valence-electron chi connectivity index (χ0n) is 15.7. The van der Waals surface area contributed by atoms with Crippen LogP contribution in [0.1, 0.15) is 56.2 Å². The minimum atomic E-state index is -1.51. The SMILES string of the molecule is CC1(C(=O)O)NC(c2ccc(C#N)cc2)C2C(=O)N(C3CCCCC3)C(=O)C21. The van der Waals surface area contributed by atoms with Gasteiger partial charge in [-0.3, -0.25) is 24.6 Å². The molecule has 1 saturated carbocycles. The number of nitrogens with zero attached hydrogens (tertiary/aromatic N) is 2. The first-order chi connectivity index (χ1) is 13.4. The number of hydrogen-bond acceptors (Lipinski definition) is 5. The summed E-state index contributed by atoms with van der Waals surface area (Å²) < 4.78 is 0. The third kappa shape index (κ3) is 2.63. The highest BCUT2D eigenvalue weighted by molar-refractivity contribution is 6.09. The van der Waals surface area contributed by atoms with Crippen LogP contribution in [0.25, 0.3) is 0 Å². The van der Waals surface area contributed by atoms with E-state index in [0.717, 1.165) is 32.1 Å². The third-order valence-corrected chi connectivity index (χ3v) is 6.60. The molecule has 0 bridgehead atoms. The molecule has 3 aliphatic rings. The summed E-state index contributed by atoms with van der Waals surface area (Å²) in [5.74, 6) is -3.45. The Balaban J connectivity index is 1.74. The average Bonchev–Trinajstić information content (AvgIpc) is 3.17. The lowest BCUT2D eigenvalue weighted by atomic mass is 9.80. The molecule has 1 aromatic rings. The predicted molar refractivity (Wildman–Crippen MR) is 98.8 cm³/mol. The van der Waals surface area contributed by atoms with Crippen LogP contribution in [0.4, 0.5) is 0 Å². The fourth-order valence-electron chi connectivity index (χ4n) is 5.11. The number of hydrogen-bond donors (Lipinski definition) is 2. The van der Waals surface area contributed by atoms with E-state index in [1.54, 1.807) is 24.3 Å². The van der Waals surface area contributed by atoms with Gasteiger partial charge in [0.05, 0.1) is 23.5 Å². The first-order valence-corrected chi connectivity index (χ1v) is 9.76. The van der Waals surface area contributed by atoms with Crippen molar-refractivity contribution in [2.24, 2.45) is 11.8 Å². The molecule has 2 heterocycles. The van der Waals surface area contributed by atoms with Crippen LogP contribution in [0.5, 0.6) is 0 Å². The molecule has 4 atom stereocenters. The van der Waals surface area contributed by atoms with E-state index in [-0.39, 0.29) is 17.9 Å². The average molecular weight is 381 g/mol. The second-order valence-corrected chi connectivity index (χ2v) is 8.21. The van der Waals surface area contributed by atoms with Crippen LogP contribution in [0.3, 0.4) is 0 Å². The number of imide groups is 1. The maximum Gasteiger partial charge on any atom is 0.324 e. The molecule has 0 radical (unpaired) electrons. The summed E-state index contributed by atoms with van der Waals surface area (Å²) in [6.07, 6.45) is 4.63. The molecular weight excluding hydrogens is 358 g/mol. The molecule has 7 heteroatoms. The van der Waals surface area contributed by atoms with Gasteiger partial charge in [-0.25, -0.2) is 0 Å². The summed E-state index contributed by atoms with van der Waals surface area (Å²) >= 11 is 0. The standard InChI is InChI=1S/C21H23N3O4/c1-21(20(27)28)16-15(17(23-21)13-9-7-12(11-22)8-10-13)18(25)24(19(16)26)14-5-3-2-4-6-14/h7-10,14-17,23H,2-6H2,1H3,(H,27,28). The van der Waals surface area contributed by atoms with Crippen molar-refractivity contribution in [2.75, 3.05) is 0 Å². The Bertz CT molecular complexity index is 869. The smallest absolute Gasteiger partial charge is 0.324 e. The zero-order valence-corrected chi connectivity index (χ0v) is 15.7. The quantitative estimate of drug-likeness (QED) is 0.775. The summed E-state index contributed by atoms with van der Waals surface area (Å²) in [6, 6.07) is 8.07. The largest absolute Gasteiger partial charge is 0.480 e. The molecular formula is C21H23N3O4. The first kappa shape index (κ1) is 18.6. The Morgan fingerprint density at radius 2 is 1.82 bits per heavy atom. The molecule has 1 aliphatic carbocycles. The van der Waals surface area contributed by atoms with E-state index in [4.69, 9.17) is 5.26 Å². The highest BCUT2D eigenvalue weighted by Gasteiger charge is 2.67. The van der Waals surface area contributed by atoms with E-state index in [9.17, 15) is 19.5 Å². The van der Waals surface area contributed by atoms with Gasteiger partial charge in [0.2, 0.25) is 11.8 Å². The fraction of sp³-hybridized carbons (Fsp3) is 0.524. The topological polar surface area (TPSA) is 110 Å². The zero-order chi connectivity index (χ0) is 20.1. The number of carboxylic acid groups (broad SMARTS) is 1. The van der Waals surface area contributed by atoms with Crippen molar-refractivity contribution >= 4 is 17.8 Å². The molecule has 1 aromatic carbocycles. The Kier molecular flexibility index (Phi) is 4.47. The van der Waals surface area contributed by atoms with Crippen molar-refractivity contribution in [2.45, 2.75) is 56.7 Å². The van der Waals surface area contributed by atoms with Crippen LogP contribution in [-0.2, 0) is 14.4 Å². The number of carbonyl (C=O) groups excluding carboxylic acids is 2. The van der Waals surface area contributed by atoms with Gasteiger partial charge in [-0.1, -0.05) is 31.4 Å². The van der Waals surface area contributed by atoms with E-state index in [1.165, 1.54) is 11.8 Å². The molecule has 28 heavy (non-hydrogen) atoms. The highest BCUT2D eigenvalue weighted by Crippen LogP contribution is 2.49.